The summed E-state index contributed by atoms with van der Waals surface area (Å²) < 4.78 is 25.8. The normalized spacial score (nSPS) is 12.9. The van der Waals surface area contributed by atoms with Gasteiger partial charge in [0.25, 0.3) is 0 Å². The van der Waals surface area contributed by atoms with Gasteiger partial charge in [0.1, 0.15) is 6.04 Å². The monoisotopic (exact) mass is 328 g/mol. The lowest BCUT2D eigenvalue weighted by Crippen LogP contribution is -2.47. The number of carbonyl (C=O) groups excluding carboxylic acids is 1. The van der Waals surface area contributed by atoms with Crippen molar-refractivity contribution < 1.29 is 23.1 Å². The maximum Gasteiger partial charge on any atom is 0.321 e. The summed E-state index contributed by atoms with van der Waals surface area (Å²) in [6.07, 6.45) is 0. The molecule has 1 amide bonds. The van der Waals surface area contributed by atoms with E-state index in [1.54, 1.807) is 30.3 Å². The highest BCUT2D eigenvalue weighted by Gasteiger charge is 2.31. The number of carbonyl (C=O) groups is 2. The highest BCUT2D eigenvalue weighted by molar-refractivity contribution is 7.88. The van der Waals surface area contributed by atoms with Gasteiger partial charge in [0.2, 0.25) is 15.9 Å². The lowest BCUT2D eigenvalue weighted by Gasteiger charge is -2.25. The number of nitrogens with one attached hydrogen (secondary N) is 1. The number of aliphatic carboxylic acids is 1. The molecule has 1 atom stereocenters. The van der Waals surface area contributed by atoms with Crippen LogP contribution in [0.3, 0.4) is 0 Å². The van der Waals surface area contributed by atoms with Crippen molar-refractivity contribution in [1.29, 1.82) is 0 Å². The van der Waals surface area contributed by atoms with Gasteiger partial charge in [-0.25, -0.2) is 8.42 Å². The van der Waals surface area contributed by atoms with E-state index in [-0.39, 0.29) is 24.7 Å². The molecule has 0 spiro atoms. The molecule has 2 N–H and O–H groups in total. The second-order valence-electron chi connectivity index (χ2n) is 4.85. The van der Waals surface area contributed by atoms with Gasteiger partial charge in [-0.15, -0.1) is 0 Å². The minimum atomic E-state index is -3.82. The standard InChI is InChI=1S/C14H20N2O5S/c1-11(14(18)19)16(9-8-15-12(2)17)22(20,21)10-13-6-4-3-5-7-13/h3-7,11H,8-10H2,1-2H3,(H,15,17)(H,18,19). The summed E-state index contributed by atoms with van der Waals surface area (Å²) in [4.78, 5) is 22.0. The quantitative estimate of drug-likeness (QED) is 0.720. The van der Waals surface area contributed by atoms with E-state index in [1.807, 2.05) is 0 Å². The molecule has 0 fully saturated rings. The van der Waals surface area contributed by atoms with Crippen LogP contribution < -0.4 is 5.32 Å². The van der Waals surface area contributed by atoms with Crippen LogP contribution in [0.2, 0.25) is 0 Å². The zero-order chi connectivity index (χ0) is 16.8. The highest BCUT2D eigenvalue weighted by Crippen LogP contribution is 2.14. The predicted molar refractivity (Wildman–Crippen MR) is 81.6 cm³/mol. The number of nitrogens with zero attached hydrogens (tertiary/aromatic N) is 1. The summed E-state index contributed by atoms with van der Waals surface area (Å²) in [5.41, 5.74) is 0.574. The Morgan fingerprint density at radius 3 is 2.36 bits per heavy atom. The number of benzene rings is 1. The number of amides is 1. The summed E-state index contributed by atoms with van der Waals surface area (Å²) in [7, 11) is -3.82. The molecule has 7 nitrogen and oxygen atoms in total. The Balaban J connectivity index is 2.92. The van der Waals surface area contributed by atoms with E-state index >= 15 is 0 Å². The number of hydrogen-bond donors (Lipinski definition) is 2. The Morgan fingerprint density at radius 2 is 1.86 bits per heavy atom. The van der Waals surface area contributed by atoms with Crippen LogP contribution in [0.4, 0.5) is 0 Å². The van der Waals surface area contributed by atoms with E-state index in [4.69, 9.17) is 5.11 Å². The van der Waals surface area contributed by atoms with E-state index in [0.717, 1.165) is 4.31 Å². The molecule has 1 unspecified atom stereocenters. The molecule has 0 radical (unpaired) electrons. The highest BCUT2D eigenvalue weighted by atomic mass is 32.2. The Morgan fingerprint density at radius 1 is 1.27 bits per heavy atom. The second-order valence-corrected chi connectivity index (χ2v) is 6.77. The summed E-state index contributed by atoms with van der Waals surface area (Å²) >= 11 is 0. The zero-order valence-electron chi connectivity index (χ0n) is 12.5. The molecule has 0 aliphatic carbocycles. The van der Waals surface area contributed by atoms with Crippen molar-refractivity contribution in [1.82, 2.24) is 9.62 Å². The minimum absolute atomic E-state index is 0.0565. The molecule has 0 aromatic heterocycles. The van der Waals surface area contributed by atoms with Gasteiger partial charge in [0, 0.05) is 20.0 Å². The third-order valence-corrected chi connectivity index (χ3v) is 4.96. The SMILES string of the molecule is CC(=O)NCCN(C(C)C(=O)O)S(=O)(=O)Cc1ccccc1. The molecule has 122 valence electrons. The molecule has 0 bridgehead atoms. The lowest BCUT2D eigenvalue weighted by molar-refractivity contribution is -0.140. The third kappa shape index (κ3) is 5.45. The van der Waals surface area contributed by atoms with Gasteiger partial charge in [-0.1, -0.05) is 30.3 Å². The first-order valence-corrected chi connectivity index (χ1v) is 8.35. The van der Waals surface area contributed by atoms with Gasteiger partial charge in [0.05, 0.1) is 5.75 Å². The second kappa shape index (κ2) is 7.90. The van der Waals surface area contributed by atoms with Crippen molar-refractivity contribution >= 4 is 21.9 Å². The Kier molecular flexibility index (Phi) is 6.51. The Labute approximate surface area is 130 Å². The molecule has 0 heterocycles. The number of hydrogen-bond acceptors (Lipinski definition) is 4. The smallest absolute Gasteiger partial charge is 0.321 e. The van der Waals surface area contributed by atoms with Crippen molar-refractivity contribution in [2.45, 2.75) is 25.6 Å². The summed E-state index contributed by atoms with van der Waals surface area (Å²) in [5.74, 6) is -1.83. The van der Waals surface area contributed by atoms with Gasteiger partial charge in [-0.05, 0) is 12.5 Å². The Hall–Kier alpha value is -1.93. The van der Waals surface area contributed by atoms with Gasteiger partial charge in [0.15, 0.2) is 0 Å². The Bertz CT molecular complexity index is 615. The number of rotatable bonds is 8. The van der Waals surface area contributed by atoms with Crippen LogP contribution in [0.5, 0.6) is 0 Å². The first-order chi connectivity index (χ1) is 10.2. The maximum atomic E-state index is 12.5. The van der Waals surface area contributed by atoms with Gasteiger partial charge < -0.3 is 10.4 Å². The van der Waals surface area contributed by atoms with Crippen molar-refractivity contribution in [2.75, 3.05) is 13.1 Å². The molecule has 0 aliphatic rings. The molecule has 8 heteroatoms. The fourth-order valence-corrected chi connectivity index (χ4v) is 3.63. The van der Waals surface area contributed by atoms with E-state index in [9.17, 15) is 18.0 Å². The molecule has 1 aromatic rings. The molecular formula is C14H20N2O5S. The molecule has 1 aromatic carbocycles. The number of carboxylic acid groups (broad SMARTS) is 1. The predicted octanol–water partition coefficient (Wildman–Crippen LogP) is 0.428. The van der Waals surface area contributed by atoms with Crippen molar-refractivity contribution in [3.8, 4) is 0 Å². The van der Waals surface area contributed by atoms with Crippen molar-refractivity contribution in [2.24, 2.45) is 0 Å². The van der Waals surface area contributed by atoms with Gasteiger partial charge in [-0.3, -0.25) is 9.59 Å². The van der Waals surface area contributed by atoms with E-state index in [1.165, 1.54) is 13.8 Å². The molecule has 1 rings (SSSR count). The van der Waals surface area contributed by atoms with E-state index in [2.05, 4.69) is 5.32 Å². The van der Waals surface area contributed by atoms with Crippen molar-refractivity contribution in [3.63, 3.8) is 0 Å². The van der Waals surface area contributed by atoms with Crippen LogP contribution in [-0.4, -0.2) is 48.8 Å². The van der Waals surface area contributed by atoms with Gasteiger partial charge in [-0.2, -0.15) is 4.31 Å². The maximum absolute atomic E-state index is 12.5. The molecule has 0 saturated carbocycles. The number of carboxylic acids is 1. The zero-order valence-corrected chi connectivity index (χ0v) is 13.3. The molecule has 0 saturated heterocycles. The molecule has 0 aliphatic heterocycles. The molecular weight excluding hydrogens is 308 g/mol. The first kappa shape index (κ1) is 18.1. The average molecular weight is 328 g/mol. The minimum Gasteiger partial charge on any atom is -0.480 e. The topological polar surface area (TPSA) is 104 Å². The van der Waals surface area contributed by atoms with Crippen LogP contribution in [0.15, 0.2) is 30.3 Å². The van der Waals surface area contributed by atoms with Crippen LogP contribution in [0, 0.1) is 0 Å². The summed E-state index contributed by atoms with van der Waals surface area (Å²) in [6, 6.07) is 7.32. The average Bonchev–Trinajstić information content (AvgIpc) is 2.43. The third-order valence-electron chi connectivity index (χ3n) is 3.04. The summed E-state index contributed by atoms with van der Waals surface area (Å²) in [5, 5.41) is 11.6. The van der Waals surface area contributed by atoms with Crippen LogP contribution >= 0.6 is 0 Å². The van der Waals surface area contributed by atoms with E-state index < -0.39 is 22.0 Å². The van der Waals surface area contributed by atoms with E-state index in [0.29, 0.717) is 5.56 Å². The van der Waals surface area contributed by atoms with Gasteiger partial charge >= 0.3 is 5.97 Å². The summed E-state index contributed by atoms with van der Waals surface area (Å²) in [6.45, 7) is 2.57. The largest absolute Gasteiger partial charge is 0.480 e. The van der Waals surface area contributed by atoms with Crippen LogP contribution in [-0.2, 0) is 25.4 Å². The number of sulfonamides is 1. The fraction of sp³-hybridized carbons (Fsp3) is 0.429. The molecule has 22 heavy (non-hydrogen) atoms. The fourth-order valence-electron chi connectivity index (χ4n) is 1.91. The van der Waals surface area contributed by atoms with Crippen LogP contribution in [0.1, 0.15) is 19.4 Å². The van der Waals surface area contributed by atoms with Crippen molar-refractivity contribution in [3.05, 3.63) is 35.9 Å². The first-order valence-electron chi connectivity index (χ1n) is 6.74. The van der Waals surface area contributed by atoms with Crippen LogP contribution in [0.25, 0.3) is 0 Å². The lowest BCUT2D eigenvalue weighted by atomic mass is 10.2.